The number of carboxylic acid groups (broad SMARTS) is 1. The van der Waals surface area contributed by atoms with Crippen LogP contribution in [0.2, 0.25) is 0 Å². The van der Waals surface area contributed by atoms with Gasteiger partial charge in [-0.05, 0) is 12.3 Å². The minimum Gasteiger partial charge on any atom is -0.550 e. The van der Waals surface area contributed by atoms with Crippen LogP contribution in [-0.2, 0) is 23.8 Å². The highest BCUT2D eigenvalue weighted by Crippen LogP contribution is 2.14. The van der Waals surface area contributed by atoms with Crippen LogP contribution in [0.25, 0.3) is 0 Å². The largest absolute Gasteiger partial charge is 0.550 e. The summed E-state index contributed by atoms with van der Waals surface area (Å²) in [4.78, 5) is 24.9. The Balaban J connectivity index is 2.51. The molecule has 0 aromatic carbocycles. The topological polar surface area (TPSA) is 88.1 Å². The van der Waals surface area contributed by atoms with E-state index in [4.69, 9.17) is 14.2 Å². The fourth-order valence-corrected chi connectivity index (χ4v) is 2.26. The molecule has 0 aromatic rings. The van der Waals surface area contributed by atoms with E-state index in [1.807, 2.05) is 0 Å². The lowest BCUT2D eigenvalue weighted by molar-refractivity contribution is -0.311. The Morgan fingerprint density at radius 2 is 1.36 bits per heavy atom. The number of amides is 1. The number of aliphatic carboxylic acids is 1. The summed E-state index contributed by atoms with van der Waals surface area (Å²) in [6.45, 7) is 7.08. The third kappa shape index (κ3) is 7.20. The number of hydrogen-bond acceptors (Lipinski definition) is 6. The fraction of sp³-hybridized carbons (Fsp3) is 0.867. The van der Waals surface area contributed by atoms with E-state index in [2.05, 4.69) is 0 Å². The Kier molecular flexibility index (Phi) is 9.03. The lowest BCUT2D eigenvalue weighted by Gasteiger charge is -2.27. The van der Waals surface area contributed by atoms with Gasteiger partial charge in [0.1, 0.15) is 0 Å². The van der Waals surface area contributed by atoms with Crippen LogP contribution < -0.4 is 5.11 Å². The van der Waals surface area contributed by atoms with Gasteiger partial charge in [-0.25, -0.2) is 0 Å². The Bertz CT molecular complexity index is 337. The summed E-state index contributed by atoms with van der Waals surface area (Å²) in [6.07, 6.45) is 0.271. The molecular formula is C15H26NO6-. The highest BCUT2D eigenvalue weighted by atomic mass is 16.5. The van der Waals surface area contributed by atoms with Crippen molar-refractivity contribution < 1.29 is 28.9 Å². The molecule has 0 N–H and O–H groups in total. The first kappa shape index (κ1) is 18.9. The van der Waals surface area contributed by atoms with E-state index in [1.54, 1.807) is 18.7 Å². The number of carbonyl (C=O) groups is 2. The zero-order chi connectivity index (χ0) is 16.4. The van der Waals surface area contributed by atoms with Crippen LogP contribution in [0.4, 0.5) is 0 Å². The van der Waals surface area contributed by atoms with Gasteiger partial charge in [0.2, 0.25) is 5.91 Å². The molecule has 1 aliphatic rings. The first-order valence-corrected chi connectivity index (χ1v) is 7.75. The van der Waals surface area contributed by atoms with Crippen molar-refractivity contribution in [1.82, 2.24) is 4.90 Å². The molecule has 7 nitrogen and oxygen atoms in total. The van der Waals surface area contributed by atoms with Gasteiger partial charge in [0.25, 0.3) is 0 Å². The van der Waals surface area contributed by atoms with Crippen molar-refractivity contribution in [2.24, 2.45) is 11.8 Å². The van der Waals surface area contributed by atoms with Crippen molar-refractivity contribution in [3.63, 3.8) is 0 Å². The van der Waals surface area contributed by atoms with Crippen molar-refractivity contribution in [2.75, 3.05) is 52.7 Å². The maximum Gasteiger partial charge on any atom is 0.225 e. The Morgan fingerprint density at radius 3 is 1.82 bits per heavy atom. The highest BCUT2D eigenvalue weighted by Gasteiger charge is 2.22. The number of hydrogen-bond donors (Lipinski definition) is 0. The summed E-state index contributed by atoms with van der Waals surface area (Å²) in [5.41, 5.74) is 0. The van der Waals surface area contributed by atoms with Crippen LogP contribution in [-0.4, -0.2) is 69.5 Å². The van der Waals surface area contributed by atoms with Gasteiger partial charge in [-0.1, -0.05) is 13.8 Å². The van der Waals surface area contributed by atoms with E-state index in [9.17, 15) is 14.7 Å². The molecule has 0 unspecified atom stereocenters. The third-order valence-electron chi connectivity index (χ3n) is 3.60. The molecule has 1 fully saturated rings. The van der Waals surface area contributed by atoms with E-state index in [1.165, 1.54) is 0 Å². The molecule has 128 valence electrons. The molecule has 2 atom stereocenters. The first-order chi connectivity index (χ1) is 10.5. The second-order valence-electron chi connectivity index (χ2n) is 5.52. The van der Waals surface area contributed by atoms with Crippen LogP contribution in [0.1, 0.15) is 20.3 Å². The molecule has 1 amide bonds. The summed E-state index contributed by atoms with van der Waals surface area (Å²) in [5.74, 6) is -2.21. The normalized spacial score (nSPS) is 21.3. The minimum absolute atomic E-state index is 0.0754. The van der Waals surface area contributed by atoms with Crippen LogP contribution in [0.5, 0.6) is 0 Å². The van der Waals surface area contributed by atoms with Gasteiger partial charge in [0.05, 0.1) is 39.6 Å². The van der Waals surface area contributed by atoms with Crippen molar-refractivity contribution in [2.45, 2.75) is 20.3 Å². The lowest BCUT2D eigenvalue weighted by Crippen LogP contribution is -2.41. The van der Waals surface area contributed by atoms with Crippen molar-refractivity contribution in [3.05, 3.63) is 0 Å². The van der Waals surface area contributed by atoms with Crippen LogP contribution in [0.3, 0.4) is 0 Å². The molecule has 0 aromatic heterocycles. The van der Waals surface area contributed by atoms with Crippen molar-refractivity contribution in [3.8, 4) is 0 Å². The smallest absolute Gasteiger partial charge is 0.225 e. The zero-order valence-corrected chi connectivity index (χ0v) is 13.4. The summed E-state index contributed by atoms with van der Waals surface area (Å²) >= 11 is 0. The molecule has 7 heteroatoms. The molecule has 0 aliphatic carbocycles. The van der Waals surface area contributed by atoms with Crippen LogP contribution in [0, 0.1) is 11.8 Å². The fourth-order valence-electron chi connectivity index (χ4n) is 2.26. The monoisotopic (exact) mass is 316 g/mol. The summed E-state index contributed by atoms with van der Waals surface area (Å²) in [6, 6.07) is 0. The summed E-state index contributed by atoms with van der Waals surface area (Å²) in [7, 11) is 0. The van der Waals surface area contributed by atoms with Gasteiger partial charge in [0, 0.05) is 25.0 Å². The standard InChI is InChI=1S/C15H27NO6/c1-12(11-13(2)15(18)19)14(17)16-3-5-20-7-9-22-10-8-21-6-4-16/h12-13H,3-11H2,1-2H3,(H,18,19)/p-1/t12-,13-/m0/s1. The number of ether oxygens (including phenoxy) is 3. The van der Waals surface area contributed by atoms with Gasteiger partial charge in [-0.3, -0.25) is 4.79 Å². The number of carbonyl (C=O) groups excluding carboxylic acids is 2. The van der Waals surface area contributed by atoms with E-state index >= 15 is 0 Å². The van der Waals surface area contributed by atoms with Crippen LogP contribution in [0.15, 0.2) is 0 Å². The zero-order valence-electron chi connectivity index (χ0n) is 13.4. The van der Waals surface area contributed by atoms with Gasteiger partial charge < -0.3 is 29.0 Å². The molecule has 1 saturated heterocycles. The Morgan fingerprint density at radius 1 is 0.909 bits per heavy atom. The van der Waals surface area contributed by atoms with Crippen molar-refractivity contribution in [1.29, 1.82) is 0 Å². The molecule has 0 bridgehead atoms. The number of carboxylic acids is 1. The molecule has 0 radical (unpaired) electrons. The number of nitrogens with zero attached hydrogens (tertiary/aromatic N) is 1. The predicted molar refractivity (Wildman–Crippen MR) is 77.0 cm³/mol. The molecule has 22 heavy (non-hydrogen) atoms. The summed E-state index contributed by atoms with van der Waals surface area (Å²) < 4.78 is 16.1. The Labute approximate surface area is 131 Å². The Hall–Kier alpha value is -1.18. The van der Waals surface area contributed by atoms with Gasteiger partial charge in [0.15, 0.2) is 0 Å². The highest BCUT2D eigenvalue weighted by molar-refractivity contribution is 5.79. The van der Waals surface area contributed by atoms with E-state index < -0.39 is 11.9 Å². The first-order valence-electron chi connectivity index (χ1n) is 7.75. The summed E-state index contributed by atoms with van der Waals surface area (Å²) in [5, 5.41) is 10.8. The van der Waals surface area contributed by atoms with Gasteiger partial charge in [-0.15, -0.1) is 0 Å². The van der Waals surface area contributed by atoms with E-state index in [0.717, 1.165) is 0 Å². The van der Waals surface area contributed by atoms with Crippen LogP contribution >= 0.6 is 0 Å². The average molecular weight is 316 g/mol. The molecular weight excluding hydrogens is 290 g/mol. The SMILES string of the molecule is C[C@@H](C[C@H](C)C(=O)N1CCOCCOCCOCC1)C(=O)[O-]. The average Bonchev–Trinajstić information content (AvgIpc) is 2.47. The maximum atomic E-state index is 12.4. The van der Waals surface area contributed by atoms with Crippen molar-refractivity contribution >= 4 is 11.9 Å². The second-order valence-corrected chi connectivity index (χ2v) is 5.52. The lowest BCUT2D eigenvalue weighted by atomic mass is 9.96. The number of rotatable bonds is 4. The van der Waals surface area contributed by atoms with E-state index in [0.29, 0.717) is 52.7 Å². The molecule has 1 heterocycles. The predicted octanol–water partition coefficient (Wildman–Crippen LogP) is -0.709. The molecule has 0 spiro atoms. The second kappa shape index (κ2) is 10.5. The van der Waals surface area contributed by atoms with E-state index in [-0.39, 0.29) is 18.2 Å². The third-order valence-corrected chi connectivity index (χ3v) is 3.60. The molecule has 1 rings (SSSR count). The molecule has 1 aliphatic heterocycles. The van der Waals surface area contributed by atoms with Gasteiger partial charge in [-0.2, -0.15) is 0 Å². The quantitative estimate of drug-likeness (QED) is 0.681. The minimum atomic E-state index is -1.12. The van der Waals surface area contributed by atoms with Gasteiger partial charge >= 0.3 is 0 Å². The maximum absolute atomic E-state index is 12.4. The molecule has 0 saturated carbocycles.